The molecule has 0 fully saturated rings. The minimum Gasteiger partial charge on any atom is -0.231 e. The van der Waals surface area contributed by atoms with Gasteiger partial charge in [0.25, 0.3) is 0 Å². The number of rotatable bonds is 4. The molecule has 6 nitrogen and oxygen atoms in total. The van der Waals surface area contributed by atoms with Gasteiger partial charge in [-0.1, -0.05) is 30.0 Å². The van der Waals surface area contributed by atoms with Gasteiger partial charge < -0.3 is 0 Å². The van der Waals surface area contributed by atoms with E-state index in [1.807, 2.05) is 30.3 Å². The van der Waals surface area contributed by atoms with Gasteiger partial charge in [0.1, 0.15) is 0 Å². The molecule has 0 radical (unpaired) electrons. The third kappa shape index (κ3) is 2.76. The van der Waals surface area contributed by atoms with E-state index in [-0.39, 0.29) is 0 Å². The van der Waals surface area contributed by atoms with Crippen LogP contribution in [0.25, 0.3) is 5.69 Å². The van der Waals surface area contributed by atoms with Gasteiger partial charge in [-0.15, -0.1) is 5.10 Å². The minimum atomic E-state index is 0.617. The van der Waals surface area contributed by atoms with E-state index in [4.69, 9.17) is 0 Å². The fourth-order valence-electron chi connectivity index (χ4n) is 1.55. The molecular formula is C12H10N6S. The SMILES string of the molecule is c1ccc(-n2nnnc2CSc2ncccn2)cc1. The summed E-state index contributed by atoms with van der Waals surface area (Å²) in [6, 6.07) is 11.6. The first-order valence-corrected chi connectivity index (χ1v) is 6.64. The Morgan fingerprint density at radius 2 is 1.79 bits per heavy atom. The van der Waals surface area contributed by atoms with Gasteiger partial charge in [-0.3, -0.25) is 0 Å². The van der Waals surface area contributed by atoms with E-state index < -0.39 is 0 Å². The smallest absolute Gasteiger partial charge is 0.187 e. The fraction of sp³-hybridized carbons (Fsp3) is 0.0833. The van der Waals surface area contributed by atoms with E-state index >= 15 is 0 Å². The first-order valence-electron chi connectivity index (χ1n) is 5.66. The van der Waals surface area contributed by atoms with Crippen molar-refractivity contribution in [2.24, 2.45) is 0 Å². The molecule has 0 N–H and O–H groups in total. The number of thioether (sulfide) groups is 1. The van der Waals surface area contributed by atoms with Crippen LogP contribution in [0, 0.1) is 0 Å². The maximum atomic E-state index is 4.15. The zero-order chi connectivity index (χ0) is 12.9. The second kappa shape index (κ2) is 5.57. The van der Waals surface area contributed by atoms with Crippen LogP contribution in [0.4, 0.5) is 0 Å². The summed E-state index contributed by atoms with van der Waals surface area (Å²) in [7, 11) is 0. The zero-order valence-corrected chi connectivity index (χ0v) is 10.7. The quantitative estimate of drug-likeness (QED) is 0.531. The molecule has 0 atom stereocenters. The molecular weight excluding hydrogens is 260 g/mol. The molecule has 94 valence electrons. The average Bonchev–Trinajstić information content (AvgIpc) is 2.95. The van der Waals surface area contributed by atoms with Crippen molar-refractivity contribution in [2.75, 3.05) is 0 Å². The summed E-state index contributed by atoms with van der Waals surface area (Å²) < 4.78 is 1.72. The van der Waals surface area contributed by atoms with E-state index in [0.717, 1.165) is 11.5 Å². The average molecular weight is 270 g/mol. The van der Waals surface area contributed by atoms with E-state index in [9.17, 15) is 0 Å². The van der Waals surface area contributed by atoms with Crippen LogP contribution in [0.5, 0.6) is 0 Å². The van der Waals surface area contributed by atoms with Gasteiger partial charge in [0.2, 0.25) is 0 Å². The highest BCUT2D eigenvalue weighted by molar-refractivity contribution is 7.98. The van der Waals surface area contributed by atoms with Crippen LogP contribution in [0.1, 0.15) is 5.82 Å². The van der Waals surface area contributed by atoms with Crippen LogP contribution in [0.15, 0.2) is 53.9 Å². The Labute approximate surface area is 113 Å². The summed E-state index contributed by atoms with van der Waals surface area (Å²) in [5.74, 6) is 1.38. The molecule has 0 aliphatic carbocycles. The molecule has 0 amide bonds. The van der Waals surface area contributed by atoms with Gasteiger partial charge in [-0.2, -0.15) is 4.68 Å². The number of aromatic nitrogens is 6. The first-order chi connectivity index (χ1) is 9.43. The maximum Gasteiger partial charge on any atom is 0.187 e. The molecule has 3 aromatic rings. The lowest BCUT2D eigenvalue weighted by atomic mass is 10.3. The van der Waals surface area contributed by atoms with Crippen molar-refractivity contribution in [3.8, 4) is 5.69 Å². The number of hydrogen-bond acceptors (Lipinski definition) is 6. The highest BCUT2D eigenvalue weighted by Gasteiger charge is 2.09. The summed E-state index contributed by atoms with van der Waals surface area (Å²) in [5, 5.41) is 12.5. The Bertz CT molecular complexity index is 640. The Morgan fingerprint density at radius 3 is 2.58 bits per heavy atom. The number of para-hydroxylation sites is 1. The molecule has 0 bridgehead atoms. The van der Waals surface area contributed by atoms with Crippen LogP contribution >= 0.6 is 11.8 Å². The van der Waals surface area contributed by atoms with Gasteiger partial charge in [0.05, 0.1) is 11.4 Å². The zero-order valence-electron chi connectivity index (χ0n) is 9.92. The standard InChI is InChI=1S/C12H10N6S/c1-2-5-10(6-3-1)18-11(15-16-17-18)9-19-12-13-7-4-8-14-12/h1-8H,9H2. The second-order valence-electron chi connectivity index (χ2n) is 3.66. The lowest BCUT2D eigenvalue weighted by molar-refractivity contribution is 0.777. The predicted molar refractivity (Wildman–Crippen MR) is 70.7 cm³/mol. The molecule has 1 aromatic carbocycles. The summed E-state index contributed by atoms with van der Waals surface area (Å²) >= 11 is 1.50. The van der Waals surface area contributed by atoms with Crippen molar-refractivity contribution in [1.29, 1.82) is 0 Å². The number of tetrazole rings is 1. The molecule has 0 saturated heterocycles. The molecule has 0 aliphatic heterocycles. The molecule has 7 heteroatoms. The third-order valence-corrected chi connectivity index (χ3v) is 3.28. The highest BCUT2D eigenvalue weighted by Crippen LogP contribution is 2.18. The molecule has 2 heterocycles. The minimum absolute atomic E-state index is 0.617. The second-order valence-corrected chi connectivity index (χ2v) is 4.61. The monoisotopic (exact) mass is 270 g/mol. The van der Waals surface area contributed by atoms with Crippen LogP contribution in [0.2, 0.25) is 0 Å². The third-order valence-electron chi connectivity index (χ3n) is 2.41. The van der Waals surface area contributed by atoms with Crippen LogP contribution in [-0.4, -0.2) is 30.2 Å². The van der Waals surface area contributed by atoms with Crippen molar-refractivity contribution in [3.63, 3.8) is 0 Å². The lowest BCUT2D eigenvalue weighted by Crippen LogP contribution is -2.02. The molecule has 3 rings (SSSR count). The maximum absolute atomic E-state index is 4.15. The molecule has 2 aromatic heterocycles. The Kier molecular flexibility index (Phi) is 3.46. The van der Waals surface area contributed by atoms with Crippen LogP contribution < -0.4 is 0 Å². The molecule has 19 heavy (non-hydrogen) atoms. The normalized spacial score (nSPS) is 10.5. The first kappa shape index (κ1) is 11.8. The number of nitrogens with zero attached hydrogens (tertiary/aromatic N) is 6. The van der Waals surface area contributed by atoms with Gasteiger partial charge in [0, 0.05) is 12.4 Å². The summed E-state index contributed by atoms with van der Waals surface area (Å²) in [6.45, 7) is 0. The summed E-state index contributed by atoms with van der Waals surface area (Å²) in [6.07, 6.45) is 3.44. The topological polar surface area (TPSA) is 69.4 Å². The number of benzene rings is 1. The van der Waals surface area contributed by atoms with Crippen molar-refractivity contribution in [3.05, 3.63) is 54.6 Å². The Balaban J connectivity index is 1.78. The lowest BCUT2D eigenvalue weighted by Gasteiger charge is -2.03. The predicted octanol–water partition coefficient (Wildman–Crippen LogP) is 1.74. The van der Waals surface area contributed by atoms with Crippen molar-refractivity contribution in [2.45, 2.75) is 10.9 Å². The Morgan fingerprint density at radius 1 is 1.00 bits per heavy atom. The Hall–Kier alpha value is -2.28. The van der Waals surface area contributed by atoms with E-state index in [0.29, 0.717) is 10.9 Å². The van der Waals surface area contributed by atoms with E-state index in [1.54, 1.807) is 23.1 Å². The number of hydrogen-bond donors (Lipinski definition) is 0. The molecule has 0 saturated carbocycles. The van der Waals surface area contributed by atoms with Crippen molar-refractivity contribution < 1.29 is 0 Å². The fourth-order valence-corrected chi connectivity index (χ4v) is 2.26. The van der Waals surface area contributed by atoms with Gasteiger partial charge in [-0.05, 0) is 28.6 Å². The summed E-state index contributed by atoms with van der Waals surface area (Å²) in [4.78, 5) is 8.31. The van der Waals surface area contributed by atoms with Gasteiger partial charge >= 0.3 is 0 Å². The van der Waals surface area contributed by atoms with Crippen molar-refractivity contribution in [1.82, 2.24) is 30.2 Å². The summed E-state index contributed by atoms with van der Waals surface area (Å²) in [5.41, 5.74) is 0.942. The molecule has 0 aliphatic rings. The molecule has 0 unspecified atom stereocenters. The van der Waals surface area contributed by atoms with Gasteiger partial charge in [0.15, 0.2) is 11.0 Å². The van der Waals surface area contributed by atoms with E-state index in [1.165, 1.54) is 11.8 Å². The van der Waals surface area contributed by atoms with Crippen molar-refractivity contribution >= 4 is 11.8 Å². The molecule has 0 spiro atoms. The van der Waals surface area contributed by atoms with Crippen LogP contribution in [0.3, 0.4) is 0 Å². The van der Waals surface area contributed by atoms with Gasteiger partial charge in [-0.25, -0.2) is 9.97 Å². The largest absolute Gasteiger partial charge is 0.231 e. The van der Waals surface area contributed by atoms with E-state index in [2.05, 4.69) is 25.5 Å². The highest BCUT2D eigenvalue weighted by atomic mass is 32.2. The van der Waals surface area contributed by atoms with Crippen LogP contribution in [-0.2, 0) is 5.75 Å².